The number of para-hydroxylation sites is 1. The molecular weight excluding hydrogens is 357 g/mol. The number of rotatable bonds is 7. The number of hydrogen-bond acceptors (Lipinski definition) is 2. The smallest absolute Gasteiger partial charge is 0.405 e. The average molecular weight is 380 g/mol. The summed E-state index contributed by atoms with van der Waals surface area (Å²) in [4.78, 5) is 4.54. The second-order valence-corrected chi connectivity index (χ2v) is 6.36. The quantitative estimate of drug-likeness (QED) is 0.571. The first-order valence-corrected chi connectivity index (χ1v) is 8.96. The van der Waals surface area contributed by atoms with Crippen molar-refractivity contribution >= 4 is 5.96 Å². The first-order chi connectivity index (χ1) is 13.0. The summed E-state index contributed by atoms with van der Waals surface area (Å²) in [6.45, 7) is 4.05. The lowest BCUT2D eigenvalue weighted by molar-refractivity contribution is -0.274. The largest absolute Gasteiger partial charge is 0.573 e. The minimum atomic E-state index is -4.69. The highest BCUT2D eigenvalue weighted by Gasteiger charge is 2.42. The summed E-state index contributed by atoms with van der Waals surface area (Å²) in [5.41, 5.74) is 0.565. The molecule has 2 atom stereocenters. The fourth-order valence-electron chi connectivity index (χ4n) is 2.99. The third-order valence-corrected chi connectivity index (χ3v) is 4.30. The molecule has 0 aliphatic heterocycles. The number of aliphatic imine (C=N–C) groups is 1. The van der Waals surface area contributed by atoms with Crippen molar-refractivity contribution in [2.45, 2.75) is 38.2 Å². The molecule has 1 aromatic carbocycles. The Kier molecular flexibility index (Phi) is 5.93. The number of halogens is 3. The summed E-state index contributed by atoms with van der Waals surface area (Å²) in [5, 5.41) is 6.48. The summed E-state index contributed by atoms with van der Waals surface area (Å²) in [5.74, 6) is 0.511. The van der Waals surface area contributed by atoms with Crippen LogP contribution in [0.15, 0.2) is 53.8 Å². The lowest BCUT2D eigenvalue weighted by atomic mass is 10.1. The highest BCUT2D eigenvalue weighted by atomic mass is 19.4. The van der Waals surface area contributed by atoms with E-state index in [0.717, 1.165) is 13.0 Å². The van der Waals surface area contributed by atoms with E-state index in [-0.39, 0.29) is 17.7 Å². The van der Waals surface area contributed by atoms with Crippen LogP contribution >= 0.6 is 0 Å². The molecule has 0 saturated heterocycles. The molecule has 1 fully saturated rings. The summed E-state index contributed by atoms with van der Waals surface area (Å²) in [7, 11) is 0. The van der Waals surface area contributed by atoms with E-state index in [9.17, 15) is 13.2 Å². The van der Waals surface area contributed by atoms with Crippen molar-refractivity contribution in [3.8, 4) is 5.75 Å². The van der Waals surface area contributed by atoms with E-state index >= 15 is 0 Å². The normalized spacial score (nSPS) is 19.6. The van der Waals surface area contributed by atoms with Gasteiger partial charge in [0, 0.05) is 37.4 Å². The number of nitrogens with zero attached hydrogens (tertiary/aromatic N) is 2. The first-order valence-electron chi connectivity index (χ1n) is 8.96. The van der Waals surface area contributed by atoms with Crippen molar-refractivity contribution < 1.29 is 17.9 Å². The van der Waals surface area contributed by atoms with Crippen LogP contribution in [0.2, 0.25) is 0 Å². The zero-order valence-corrected chi connectivity index (χ0v) is 15.0. The lowest BCUT2D eigenvalue weighted by Crippen LogP contribution is -2.39. The van der Waals surface area contributed by atoms with E-state index in [1.54, 1.807) is 18.2 Å². The molecule has 3 rings (SSSR count). The van der Waals surface area contributed by atoms with E-state index in [2.05, 4.69) is 20.4 Å². The summed E-state index contributed by atoms with van der Waals surface area (Å²) in [6, 6.07) is 10.3. The maximum Gasteiger partial charge on any atom is 0.573 e. The van der Waals surface area contributed by atoms with Gasteiger partial charge >= 0.3 is 6.36 Å². The molecule has 1 aliphatic carbocycles. The van der Waals surface area contributed by atoms with E-state index in [1.807, 2.05) is 36.0 Å². The van der Waals surface area contributed by atoms with Crippen LogP contribution in [0.4, 0.5) is 13.2 Å². The van der Waals surface area contributed by atoms with Crippen molar-refractivity contribution in [2.75, 3.05) is 13.1 Å². The summed E-state index contributed by atoms with van der Waals surface area (Å²) >= 11 is 0. The average Bonchev–Trinajstić information content (AvgIpc) is 3.15. The van der Waals surface area contributed by atoms with Crippen LogP contribution < -0.4 is 15.4 Å². The van der Waals surface area contributed by atoms with Crippen LogP contribution in [0.1, 0.15) is 24.8 Å². The molecule has 1 aliphatic rings. The van der Waals surface area contributed by atoms with Crippen molar-refractivity contribution in [1.29, 1.82) is 0 Å². The molecule has 1 aromatic heterocycles. The van der Waals surface area contributed by atoms with Gasteiger partial charge in [0.05, 0.1) is 6.54 Å². The van der Waals surface area contributed by atoms with Crippen LogP contribution in [0, 0.1) is 0 Å². The second kappa shape index (κ2) is 8.37. The number of hydrogen-bond donors (Lipinski definition) is 2. The predicted molar refractivity (Wildman–Crippen MR) is 97.8 cm³/mol. The van der Waals surface area contributed by atoms with Crippen LogP contribution in [-0.2, 0) is 6.54 Å². The second-order valence-electron chi connectivity index (χ2n) is 6.36. The Morgan fingerprint density at radius 2 is 1.96 bits per heavy atom. The van der Waals surface area contributed by atoms with Gasteiger partial charge in [-0.15, -0.1) is 13.2 Å². The van der Waals surface area contributed by atoms with Gasteiger partial charge in [-0.1, -0.05) is 18.2 Å². The van der Waals surface area contributed by atoms with Crippen LogP contribution in [0.5, 0.6) is 5.75 Å². The van der Waals surface area contributed by atoms with Gasteiger partial charge in [0.1, 0.15) is 5.75 Å². The Balaban J connectivity index is 1.60. The number of aromatic nitrogens is 1. The Bertz CT molecular complexity index is 759. The van der Waals surface area contributed by atoms with Gasteiger partial charge < -0.3 is 19.9 Å². The van der Waals surface area contributed by atoms with E-state index in [1.165, 1.54) is 6.07 Å². The molecule has 1 saturated carbocycles. The number of alkyl halides is 3. The monoisotopic (exact) mass is 380 g/mol. The highest BCUT2D eigenvalue weighted by Crippen LogP contribution is 2.45. The Hall–Kier alpha value is -2.64. The van der Waals surface area contributed by atoms with Gasteiger partial charge in [0.25, 0.3) is 0 Å². The van der Waals surface area contributed by atoms with Crippen molar-refractivity contribution in [3.05, 3.63) is 54.4 Å². The molecule has 5 nitrogen and oxygen atoms in total. The predicted octanol–water partition coefficient (Wildman–Crippen LogP) is 3.50. The summed E-state index contributed by atoms with van der Waals surface area (Å²) < 4.78 is 44.0. The Labute approximate surface area is 156 Å². The van der Waals surface area contributed by atoms with Gasteiger partial charge in [-0.2, -0.15) is 0 Å². The fraction of sp³-hybridized carbons (Fsp3) is 0.421. The van der Waals surface area contributed by atoms with Gasteiger partial charge in [0.2, 0.25) is 0 Å². The number of guanidine groups is 1. The molecule has 2 N–H and O–H groups in total. The van der Waals surface area contributed by atoms with Gasteiger partial charge in [0.15, 0.2) is 5.96 Å². The molecule has 0 bridgehead atoms. The maximum atomic E-state index is 12.6. The first kappa shape index (κ1) is 19.1. The van der Waals surface area contributed by atoms with Crippen LogP contribution in [-0.4, -0.2) is 36.0 Å². The van der Waals surface area contributed by atoms with Gasteiger partial charge in [-0.25, -0.2) is 0 Å². The minimum Gasteiger partial charge on any atom is -0.405 e. The molecule has 2 unspecified atom stereocenters. The zero-order valence-electron chi connectivity index (χ0n) is 15.0. The fourth-order valence-corrected chi connectivity index (χ4v) is 2.99. The zero-order chi connectivity index (χ0) is 19.3. The molecule has 8 heteroatoms. The SMILES string of the molecule is CCNC(=NCCn1cccc1)NC1CC1c1ccccc1OC(F)(F)F. The standard InChI is InChI=1S/C19H23F3N4O/c1-2-23-18(24-9-12-26-10-5-6-11-26)25-16-13-15(16)14-7-3-4-8-17(14)27-19(20,21)22/h3-8,10-11,15-16H,2,9,12-13H2,1H3,(H2,23,24,25). The van der Waals surface area contributed by atoms with Gasteiger partial charge in [-0.3, -0.25) is 4.99 Å². The van der Waals surface area contributed by atoms with E-state index < -0.39 is 6.36 Å². The molecule has 27 heavy (non-hydrogen) atoms. The third-order valence-electron chi connectivity index (χ3n) is 4.30. The molecule has 0 spiro atoms. The Morgan fingerprint density at radius 1 is 1.22 bits per heavy atom. The Morgan fingerprint density at radius 3 is 2.67 bits per heavy atom. The molecule has 0 amide bonds. The molecule has 1 heterocycles. The lowest BCUT2D eigenvalue weighted by Gasteiger charge is -2.14. The van der Waals surface area contributed by atoms with Crippen LogP contribution in [0.3, 0.4) is 0 Å². The molecule has 2 aromatic rings. The maximum absolute atomic E-state index is 12.6. The number of benzene rings is 1. The van der Waals surface area contributed by atoms with Crippen molar-refractivity contribution in [1.82, 2.24) is 15.2 Å². The number of ether oxygens (including phenoxy) is 1. The van der Waals surface area contributed by atoms with Crippen LogP contribution in [0.25, 0.3) is 0 Å². The molecule has 146 valence electrons. The highest BCUT2D eigenvalue weighted by molar-refractivity contribution is 5.80. The van der Waals surface area contributed by atoms with E-state index in [4.69, 9.17) is 0 Å². The van der Waals surface area contributed by atoms with E-state index in [0.29, 0.717) is 24.6 Å². The summed E-state index contributed by atoms with van der Waals surface area (Å²) in [6.07, 6.45) is -0.00222. The third kappa shape index (κ3) is 5.67. The number of nitrogens with one attached hydrogen (secondary N) is 2. The van der Waals surface area contributed by atoms with Gasteiger partial charge in [-0.05, 0) is 37.1 Å². The topological polar surface area (TPSA) is 50.6 Å². The molecule has 0 radical (unpaired) electrons. The molecular formula is C19H23F3N4O. The van der Waals surface area contributed by atoms with Crippen molar-refractivity contribution in [3.63, 3.8) is 0 Å². The van der Waals surface area contributed by atoms with Crippen molar-refractivity contribution in [2.24, 2.45) is 4.99 Å². The minimum absolute atomic E-state index is 0.0307.